The molecule has 0 radical (unpaired) electrons. The lowest BCUT2D eigenvalue weighted by Crippen LogP contribution is -2.29. The van der Waals surface area contributed by atoms with Crippen LogP contribution in [0.15, 0.2) is 42.5 Å². The van der Waals surface area contributed by atoms with Gasteiger partial charge in [0.1, 0.15) is 5.82 Å². The van der Waals surface area contributed by atoms with Crippen LogP contribution in [0.4, 0.5) is 4.39 Å². The minimum atomic E-state index is -0.247. The van der Waals surface area contributed by atoms with Crippen molar-refractivity contribution in [1.29, 1.82) is 0 Å². The van der Waals surface area contributed by atoms with Crippen molar-refractivity contribution in [2.24, 2.45) is 5.84 Å². The summed E-state index contributed by atoms with van der Waals surface area (Å²) in [7, 11) is 0. The van der Waals surface area contributed by atoms with E-state index in [-0.39, 0.29) is 11.9 Å². The average Bonchev–Trinajstić information content (AvgIpc) is 2.37. The average molecular weight is 279 g/mol. The van der Waals surface area contributed by atoms with E-state index in [0.717, 1.165) is 16.7 Å². The first-order chi connectivity index (χ1) is 9.10. The van der Waals surface area contributed by atoms with Crippen LogP contribution in [-0.2, 0) is 6.42 Å². The van der Waals surface area contributed by atoms with Crippen LogP contribution in [0.3, 0.4) is 0 Å². The molecular formula is C15H16ClFN2. The molecule has 100 valence electrons. The second-order valence-corrected chi connectivity index (χ2v) is 4.99. The summed E-state index contributed by atoms with van der Waals surface area (Å²) in [4.78, 5) is 0. The zero-order valence-electron chi connectivity index (χ0n) is 10.7. The van der Waals surface area contributed by atoms with Gasteiger partial charge in [-0.1, -0.05) is 35.9 Å². The quantitative estimate of drug-likeness (QED) is 0.663. The van der Waals surface area contributed by atoms with Gasteiger partial charge in [-0.25, -0.2) is 4.39 Å². The molecule has 2 nitrogen and oxygen atoms in total. The summed E-state index contributed by atoms with van der Waals surface area (Å²) in [5.74, 6) is 5.35. The van der Waals surface area contributed by atoms with Gasteiger partial charge in [-0.15, -0.1) is 0 Å². The summed E-state index contributed by atoms with van der Waals surface area (Å²) in [6.07, 6.45) is 0.580. The molecule has 1 unspecified atom stereocenters. The molecule has 0 saturated heterocycles. The van der Waals surface area contributed by atoms with Gasteiger partial charge in [0.2, 0.25) is 0 Å². The minimum absolute atomic E-state index is 0.144. The van der Waals surface area contributed by atoms with Gasteiger partial charge in [-0.2, -0.15) is 0 Å². The standard InChI is InChI=1S/C15H16ClFN2/c1-10-5-6-13(14(16)7-10)15(19-18)9-11-3-2-4-12(17)8-11/h2-8,15,19H,9,18H2,1H3. The molecule has 3 N–H and O–H groups in total. The van der Waals surface area contributed by atoms with Crippen LogP contribution in [0.1, 0.15) is 22.7 Å². The van der Waals surface area contributed by atoms with Gasteiger partial charge in [0.05, 0.1) is 6.04 Å². The lowest BCUT2D eigenvalue weighted by Gasteiger charge is -2.18. The number of aryl methyl sites for hydroxylation is 1. The largest absolute Gasteiger partial charge is 0.271 e. The monoisotopic (exact) mass is 278 g/mol. The first kappa shape index (κ1) is 14.0. The molecule has 0 saturated carbocycles. The number of hydrazine groups is 1. The van der Waals surface area contributed by atoms with Gasteiger partial charge in [-0.05, 0) is 48.2 Å². The van der Waals surface area contributed by atoms with Gasteiger partial charge in [-0.3, -0.25) is 11.3 Å². The molecule has 0 aromatic heterocycles. The molecule has 4 heteroatoms. The van der Waals surface area contributed by atoms with Gasteiger partial charge >= 0.3 is 0 Å². The summed E-state index contributed by atoms with van der Waals surface area (Å²) >= 11 is 6.23. The fourth-order valence-corrected chi connectivity index (χ4v) is 2.44. The summed E-state index contributed by atoms with van der Waals surface area (Å²) in [5.41, 5.74) is 5.62. The number of hydrogen-bond donors (Lipinski definition) is 2. The molecule has 0 spiro atoms. The van der Waals surface area contributed by atoms with Crippen molar-refractivity contribution in [3.63, 3.8) is 0 Å². The lowest BCUT2D eigenvalue weighted by molar-refractivity contribution is 0.548. The maximum absolute atomic E-state index is 13.2. The molecule has 0 amide bonds. The van der Waals surface area contributed by atoms with Crippen LogP contribution in [0.2, 0.25) is 5.02 Å². The third kappa shape index (κ3) is 3.53. The Kier molecular flexibility index (Phi) is 4.53. The van der Waals surface area contributed by atoms with E-state index in [0.29, 0.717) is 11.4 Å². The van der Waals surface area contributed by atoms with Crippen LogP contribution < -0.4 is 11.3 Å². The van der Waals surface area contributed by atoms with Crippen molar-refractivity contribution in [1.82, 2.24) is 5.43 Å². The number of halogens is 2. The zero-order valence-corrected chi connectivity index (χ0v) is 11.4. The highest BCUT2D eigenvalue weighted by Gasteiger charge is 2.14. The van der Waals surface area contributed by atoms with E-state index in [1.165, 1.54) is 12.1 Å². The number of hydrogen-bond acceptors (Lipinski definition) is 2. The summed E-state index contributed by atoms with van der Waals surface area (Å²) in [5, 5.41) is 0.666. The number of benzene rings is 2. The van der Waals surface area contributed by atoms with Crippen molar-refractivity contribution in [3.05, 3.63) is 70.0 Å². The normalized spacial score (nSPS) is 12.4. The van der Waals surface area contributed by atoms with E-state index in [1.807, 2.05) is 31.2 Å². The Morgan fingerprint density at radius 3 is 2.68 bits per heavy atom. The van der Waals surface area contributed by atoms with Gasteiger partial charge in [0.15, 0.2) is 0 Å². The molecule has 0 aliphatic rings. The van der Waals surface area contributed by atoms with E-state index >= 15 is 0 Å². The Morgan fingerprint density at radius 1 is 1.26 bits per heavy atom. The lowest BCUT2D eigenvalue weighted by atomic mass is 9.98. The molecule has 0 heterocycles. The number of nitrogens with one attached hydrogen (secondary N) is 1. The van der Waals surface area contributed by atoms with Gasteiger partial charge in [0, 0.05) is 5.02 Å². The van der Waals surface area contributed by atoms with E-state index in [4.69, 9.17) is 17.4 Å². The Labute approximate surface area is 117 Å². The summed E-state index contributed by atoms with van der Waals surface area (Å²) in [6.45, 7) is 1.98. The molecule has 2 aromatic rings. The minimum Gasteiger partial charge on any atom is -0.271 e. The maximum Gasteiger partial charge on any atom is 0.123 e. The van der Waals surface area contributed by atoms with Crippen molar-refractivity contribution in [3.8, 4) is 0 Å². The van der Waals surface area contributed by atoms with E-state index in [1.54, 1.807) is 6.07 Å². The fraction of sp³-hybridized carbons (Fsp3) is 0.200. The van der Waals surface area contributed by atoms with E-state index < -0.39 is 0 Å². The van der Waals surface area contributed by atoms with Crippen LogP contribution >= 0.6 is 11.6 Å². The summed E-state index contributed by atoms with van der Waals surface area (Å²) in [6, 6.07) is 12.2. The number of rotatable bonds is 4. The second kappa shape index (κ2) is 6.15. The summed E-state index contributed by atoms with van der Waals surface area (Å²) < 4.78 is 13.2. The maximum atomic E-state index is 13.2. The molecule has 0 bridgehead atoms. The van der Waals surface area contributed by atoms with Crippen molar-refractivity contribution < 1.29 is 4.39 Å². The van der Waals surface area contributed by atoms with Gasteiger partial charge < -0.3 is 0 Å². The molecule has 0 aliphatic carbocycles. The highest BCUT2D eigenvalue weighted by atomic mass is 35.5. The molecule has 2 rings (SSSR count). The zero-order chi connectivity index (χ0) is 13.8. The Bertz CT molecular complexity index is 572. The van der Waals surface area contributed by atoms with Crippen LogP contribution in [-0.4, -0.2) is 0 Å². The second-order valence-electron chi connectivity index (χ2n) is 4.58. The topological polar surface area (TPSA) is 38.0 Å². The molecular weight excluding hydrogens is 263 g/mol. The molecule has 2 aromatic carbocycles. The van der Waals surface area contributed by atoms with Crippen molar-refractivity contribution >= 4 is 11.6 Å². The SMILES string of the molecule is Cc1ccc(C(Cc2cccc(F)c2)NN)c(Cl)c1. The smallest absolute Gasteiger partial charge is 0.123 e. The molecule has 19 heavy (non-hydrogen) atoms. The predicted molar refractivity (Wildman–Crippen MR) is 76.4 cm³/mol. The van der Waals surface area contributed by atoms with Gasteiger partial charge in [0.25, 0.3) is 0 Å². The van der Waals surface area contributed by atoms with Crippen molar-refractivity contribution in [2.75, 3.05) is 0 Å². The fourth-order valence-electron chi connectivity index (χ4n) is 2.07. The highest BCUT2D eigenvalue weighted by Crippen LogP contribution is 2.26. The van der Waals surface area contributed by atoms with E-state index in [9.17, 15) is 4.39 Å². The van der Waals surface area contributed by atoms with Crippen LogP contribution in [0.25, 0.3) is 0 Å². The van der Waals surface area contributed by atoms with Crippen molar-refractivity contribution in [2.45, 2.75) is 19.4 Å². The Balaban J connectivity index is 2.25. The third-order valence-corrected chi connectivity index (χ3v) is 3.39. The first-order valence-electron chi connectivity index (χ1n) is 6.07. The predicted octanol–water partition coefficient (Wildman–Crippen LogP) is 3.53. The van der Waals surface area contributed by atoms with Crippen LogP contribution in [0, 0.1) is 12.7 Å². The Morgan fingerprint density at radius 2 is 2.05 bits per heavy atom. The molecule has 0 aliphatic heterocycles. The molecule has 0 fully saturated rings. The molecule has 1 atom stereocenters. The number of nitrogens with two attached hydrogens (primary N) is 1. The van der Waals surface area contributed by atoms with Crippen LogP contribution in [0.5, 0.6) is 0 Å². The third-order valence-electron chi connectivity index (χ3n) is 3.06. The highest BCUT2D eigenvalue weighted by molar-refractivity contribution is 6.31. The Hall–Kier alpha value is -1.42. The first-order valence-corrected chi connectivity index (χ1v) is 6.44. The van der Waals surface area contributed by atoms with E-state index in [2.05, 4.69) is 5.43 Å².